The number of nitrogens with one attached hydrogen (secondary N) is 1. The van der Waals surface area contributed by atoms with Gasteiger partial charge in [0, 0.05) is 31.0 Å². The molecule has 178 valence electrons. The summed E-state index contributed by atoms with van der Waals surface area (Å²) in [6.07, 6.45) is 6.00. The van der Waals surface area contributed by atoms with E-state index >= 15 is 0 Å². The van der Waals surface area contributed by atoms with E-state index in [2.05, 4.69) is 16.0 Å². The molecule has 34 heavy (non-hydrogen) atoms. The molecule has 1 unspecified atom stereocenters. The maximum Gasteiger partial charge on any atom is 0.250 e. The first-order chi connectivity index (χ1) is 16.4. The minimum absolute atomic E-state index is 0.0967. The lowest BCUT2D eigenvalue weighted by Crippen LogP contribution is -2.19. The maximum absolute atomic E-state index is 12.6. The van der Waals surface area contributed by atoms with Gasteiger partial charge in [-0.05, 0) is 80.0 Å². The zero-order chi connectivity index (χ0) is 23.7. The van der Waals surface area contributed by atoms with E-state index in [9.17, 15) is 13.2 Å². The number of hydrogen-bond acceptors (Lipinski definition) is 5. The van der Waals surface area contributed by atoms with E-state index in [0.717, 1.165) is 68.0 Å². The molecular weight excluding hydrogens is 450 g/mol. The summed E-state index contributed by atoms with van der Waals surface area (Å²) >= 11 is 0. The smallest absolute Gasteiger partial charge is 0.250 e. The van der Waals surface area contributed by atoms with E-state index in [-0.39, 0.29) is 11.2 Å². The van der Waals surface area contributed by atoms with Crippen LogP contribution in [0.5, 0.6) is 0 Å². The van der Waals surface area contributed by atoms with Crippen LogP contribution < -0.4 is 5.73 Å². The van der Waals surface area contributed by atoms with Crippen molar-refractivity contribution in [1.29, 1.82) is 0 Å². The second-order valence-corrected chi connectivity index (χ2v) is 11.5. The van der Waals surface area contributed by atoms with Gasteiger partial charge in [-0.2, -0.15) is 0 Å². The molecule has 8 heteroatoms. The number of sulfone groups is 1. The van der Waals surface area contributed by atoms with E-state index in [1.54, 1.807) is 24.3 Å². The van der Waals surface area contributed by atoms with Crippen molar-refractivity contribution in [3.63, 3.8) is 0 Å². The standard InChI is InChI=1S/C26H29N3O4S/c27-26(30)19-3-8-24(28-16-19)25-10-9-23(29-25)22(15-17-11-13-33-14-12-17)18-1-4-20(5-2-18)34(31,32)21-6-7-21/h1-5,8-10,16-17,21-22,29H,6-7,11-15H2,(H2,27,30). The van der Waals surface area contributed by atoms with Crippen LogP contribution in [0.1, 0.15) is 59.6 Å². The molecule has 3 N–H and O–H groups in total. The number of ether oxygens (including phenoxy) is 1. The van der Waals surface area contributed by atoms with Gasteiger partial charge in [0.15, 0.2) is 9.84 Å². The number of hydrogen-bond donors (Lipinski definition) is 2. The summed E-state index contributed by atoms with van der Waals surface area (Å²) in [5.41, 5.74) is 9.42. The molecule has 2 aromatic heterocycles. The number of carbonyl (C=O) groups is 1. The third-order valence-electron chi connectivity index (χ3n) is 6.89. The average molecular weight is 480 g/mol. The summed E-state index contributed by atoms with van der Waals surface area (Å²) in [5.74, 6) is 0.127. The fraction of sp³-hybridized carbons (Fsp3) is 0.385. The summed E-state index contributed by atoms with van der Waals surface area (Å²) in [6, 6.07) is 14.9. The zero-order valence-corrected chi connectivity index (χ0v) is 19.8. The van der Waals surface area contributed by atoms with Gasteiger partial charge in [0.1, 0.15) is 0 Å². The number of amides is 1. The van der Waals surface area contributed by atoms with Crippen LogP contribution >= 0.6 is 0 Å². The largest absolute Gasteiger partial charge is 0.381 e. The molecule has 1 atom stereocenters. The van der Waals surface area contributed by atoms with Gasteiger partial charge < -0.3 is 15.5 Å². The van der Waals surface area contributed by atoms with Gasteiger partial charge in [0.25, 0.3) is 0 Å². The lowest BCUT2D eigenvalue weighted by molar-refractivity contribution is 0.0626. The summed E-state index contributed by atoms with van der Waals surface area (Å²) in [4.78, 5) is 19.6. The lowest BCUT2D eigenvalue weighted by atomic mass is 9.83. The molecule has 1 saturated heterocycles. The van der Waals surface area contributed by atoms with Crippen LogP contribution in [0.3, 0.4) is 0 Å². The Morgan fingerprint density at radius 3 is 2.38 bits per heavy atom. The summed E-state index contributed by atoms with van der Waals surface area (Å²) < 4.78 is 30.8. The highest BCUT2D eigenvalue weighted by Crippen LogP contribution is 2.37. The monoisotopic (exact) mass is 479 g/mol. The Hall–Kier alpha value is -2.97. The van der Waals surface area contributed by atoms with Gasteiger partial charge in [-0.3, -0.25) is 9.78 Å². The fourth-order valence-electron chi connectivity index (χ4n) is 4.68. The Labute approximate surface area is 199 Å². The topological polar surface area (TPSA) is 115 Å². The molecule has 2 fully saturated rings. The van der Waals surface area contributed by atoms with Crippen LogP contribution in [0.25, 0.3) is 11.4 Å². The average Bonchev–Trinajstić information content (AvgIpc) is 3.62. The Bertz CT molecular complexity index is 1260. The first kappa shape index (κ1) is 22.8. The Morgan fingerprint density at radius 2 is 1.76 bits per heavy atom. The molecule has 1 amide bonds. The molecule has 5 rings (SSSR count). The number of aromatic amines is 1. The summed E-state index contributed by atoms with van der Waals surface area (Å²) in [7, 11) is -3.21. The summed E-state index contributed by atoms with van der Waals surface area (Å²) in [5, 5.41) is -0.212. The number of benzene rings is 1. The fourth-order valence-corrected chi connectivity index (χ4v) is 6.34. The van der Waals surface area contributed by atoms with E-state index in [0.29, 0.717) is 16.4 Å². The highest BCUT2D eigenvalue weighted by molar-refractivity contribution is 7.92. The third-order valence-corrected chi connectivity index (χ3v) is 9.17. The van der Waals surface area contributed by atoms with Crippen molar-refractivity contribution in [2.45, 2.75) is 48.2 Å². The predicted molar refractivity (Wildman–Crippen MR) is 129 cm³/mol. The van der Waals surface area contributed by atoms with Crippen molar-refractivity contribution in [3.8, 4) is 11.4 Å². The number of primary amides is 1. The van der Waals surface area contributed by atoms with Crippen LogP contribution in [0.4, 0.5) is 0 Å². The Morgan fingerprint density at radius 1 is 1.03 bits per heavy atom. The second-order valence-electron chi connectivity index (χ2n) is 9.28. The molecule has 7 nitrogen and oxygen atoms in total. The van der Waals surface area contributed by atoms with E-state index in [4.69, 9.17) is 10.5 Å². The molecule has 2 aliphatic rings. The van der Waals surface area contributed by atoms with E-state index in [1.807, 2.05) is 18.2 Å². The molecule has 1 aromatic carbocycles. The van der Waals surface area contributed by atoms with Gasteiger partial charge >= 0.3 is 0 Å². The van der Waals surface area contributed by atoms with Crippen molar-refractivity contribution >= 4 is 15.7 Å². The van der Waals surface area contributed by atoms with E-state index in [1.165, 1.54) is 6.20 Å². The highest BCUT2D eigenvalue weighted by Gasteiger charge is 2.37. The third kappa shape index (κ3) is 4.79. The number of nitrogens with zero attached hydrogens (tertiary/aromatic N) is 1. The predicted octanol–water partition coefficient (Wildman–Crippen LogP) is 4.06. The number of nitrogens with two attached hydrogens (primary N) is 1. The zero-order valence-electron chi connectivity index (χ0n) is 18.9. The first-order valence-electron chi connectivity index (χ1n) is 11.8. The van der Waals surface area contributed by atoms with Crippen molar-refractivity contribution in [3.05, 3.63) is 71.5 Å². The van der Waals surface area contributed by atoms with Gasteiger partial charge in [0.05, 0.1) is 27.1 Å². The van der Waals surface area contributed by atoms with Crippen LogP contribution in [0, 0.1) is 5.92 Å². The minimum Gasteiger partial charge on any atom is -0.381 e. The normalized spacial score (nSPS) is 18.0. The quantitative estimate of drug-likeness (QED) is 0.506. The van der Waals surface area contributed by atoms with Crippen molar-refractivity contribution in [2.24, 2.45) is 11.7 Å². The van der Waals surface area contributed by atoms with Crippen molar-refractivity contribution < 1.29 is 17.9 Å². The SMILES string of the molecule is NC(=O)c1ccc(-c2ccc(C(CC3CCOCC3)c3ccc(S(=O)(=O)C4CC4)cc3)[nH]2)nc1. The van der Waals surface area contributed by atoms with Crippen LogP contribution in [0.15, 0.2) is 59.6 Å². The maximum atomic E-state index is 12.6. The number of carbonyl (C=O) groups excluding carboxylic acids is 1. The number of aromatic nitrogens is 2. The van der Waals surface area contributed by atoms with E-state index < -0.39 is 15.7 Å². The number of pyridine rings is 1. The van der Waals surface area contributed by atoms with Gasteiger partial charge in [0.2, 0.25) is 5.91 Å². The first-order valence-corrected chi connectivity index (χ1v) is 13.3. The molecule has 0 spiro atoms. The molecule has 1 aliphatic carbocycles. The molecule has 3 aromatic rings. The number of rotatable bonds is 8. The Balaban J connectivity index is 1.43. The van der Waals surface area contributed by atoms with Crippen molar-refractivity contribution in [2.75, 3.05) is 13.2 Å². The highest BCUT2D eigenvalue weighted by atomic mass is 32.2. The molecule has 3 heterocycles. The van der Waals surface area contributed by atoms with Gasteiger partial charge in [-0.25, -0.2) is 8.42 Å². The molecular formula is C26H29N3O4S. The molecule has 1 saturated carbocycles. The minimum atomic E-state index is -3.21. The van der Waals surface area contributed by atoms with Gasteiger partial charge in [-0.15, -0.1) is 0 Å². The van der Waals surface area contributed by atoms with Gasteiger partial charge in [-0.1, -0.05) is 12.1 Å². The second kappa shape index (κ2) is 9.35. The molecule has 0 bridgehead atoms. The molecule has 1 aliphatic heterocycles. The summed E-state index contributed by atoms with van der Waals surface area (Å²) in [6.45, 7) is 1.56. The number of H-pyrrole nitrogens is 1. The Kier molecular flexibility index (Phi) is 6.27. The lowest BCUT2D eigenvalue weighted by Gasteiger charge is -2.27. The molecule has 0 radical (unpaired) electrons. The van der Waals surface area contributed by atoms with Crippen LogP contribution in [-0.2, 0) is 14.6 Å². The van der Waals surface area contributed by atoms with Crippen molar-refractivity contribution in [1.82, 2.24) is 9.97 Å². The van der Waals surface area contributed by atoms with Crippen LogP contribution in [-0.4, -0.2) is 42.8 Å². The van der Waals surface area contributed by atoms with Crippen LogP contribution in [0.2, 0.25) is 0 Å².